The van der Waals surface area contributed by atoms with Crippen molar-refractivity contribution in [3.05, 3.63) is 23.2 Å². The standard InChI is InChI=1S/C13H27.C8H6ClN2.Sn/c1-4-7-10-13(11-8-5-2)12-9-6-3;1-11-8-4-7(9)3-2-6(8)5-10-11;/h4-12H2,1-3H3;2-4H,1H3;. The molecule has 2 rings (SSSR count). The van der Waals surface area contributed by atoms with Gasteiger partial charge in [-0.1, -0.05) is 0 Å². The van der Waals surface area contributed by atoms with Gasteiger partial charge in [-0.05, 0) is 0 Å². The fraction of sp³-hybridized carbons (Fsp3) is 0.667. The van der Waals surface area contributed by atoms with Gasteiger partial charge in [-0.15, -0.1) is 0 Å². The summed E-state index contributed by atoms with van der Waals surface area (Å²) in [4.78, 5) is 0. The quantitative estimate of drug-likeness (QED) is 0.355. The number of hydrogen-bond donors (Lipinski definition) is 0. The number of halogens is 1. The molecule has 0 aliphatic heterocycles. The van der Waals surface area contributed by atoms with Gasteiger partial charge in [-0.2, -0.15) is 0 Å². The van der Waals surface area contributed by atoms with Crippen LogP contribution in [0.1, 0.15) is 78.6 Å². The number of hydrogen-bond acceptors (Lipinski definition) is 1. The molecule has 0 fully saturated rings. The number of benzene rings is 1. The summed E-state index contributed by atoms with van der Waals surface area (Å²) in [5, 5.41) is 7.13. The van der Waals surface area contributed by atoms with Crippen LogP contribution in [0, 0.1) is 0 Å². The monoisotopic (exact) mass is 468 g/mol. The van der Waals surface area contributed by atoms with Crippen LogP contribution in [-0.2, 0) is 7.05 Å². The van der Waals surface area contributed by atoms with Crippen molar-refractivity contribution in [1.29, 1.82) is 0 Å². The Morgan fingerprint density at radius 1 is 1.00 bits per heavy atom. The van der Waals surface area contributed by atoms with Crippen molar-refractivity contribution in [3.63, 3.8) is 0 Å². The summed E-state index contributed by atoms with van der Waals surface area (Å²) in [5.41, 5.74) is 1.19. The van der Waals surface area contributed by atoms with Gasteiger partial charge in [-0.25, -0.2) is 0 Å². The average Bonchev–Trinajstić information content (AvgIpc) is 2.91. The van der Waals surface area contributed by atoms with Gasteiger partial charge < -0.3 is 0 Å². The van der Waals surface area contributed by atoms with E-state index in [9.17, 15) is 0 Å². The number of aryl methyl sites for hydroxylation is 1. The van der Waals surface area contributed by atoms with Crippen molar-refractivity contribution >= 4 is 47.4 Å². The van der Waals surface area contributed by atoms with Crippen LogP contribution in [0.3, 0.4) is 0 Å². The molecule has 1 heterocycles. The molecule has 0 spiro atoms. The van der Waals surface area contributed by atoms with Crippen LogP contribution < -0.4 is 3.71 Å². The van der Waals surface area contributed by atoms with E-state index in [-0.39, 0.29) is 0 Å². The number of rotatable bonds is 11. The SMILES string of the molecule is CCCC[C](CCCC)(CCCC)[Sn][c]1nn(C)c2cc(Cl)ccc12. The molecule has 0 saturated heterocycles. The summed E-state index contributed by atoms with van der Waals surface area (Å²) in [6.07, 6.45) is 12.2. The Morgan fingerprint density at radius 2 is 1.56 bits per heavy atom. The third kappa shape index (κ3) is 5.62. The summed E-state index contributed by atoms with van der Waals surface area (Å²) in [6.45, 7) is 6.98. The zero-order chi connectivity index (χ0) is 18.3. The molecule has 1 aromatic carbocycles. The fourth-order valence-electron chi connectivity index (χ4n) is 3.68. The number of nitrogens with zero attached hydrogens (tertiary/aromatic N) is 2. The van der Waals surface area contributed by atoms with Crippen LogP contribution in [0.5, 0.6) is 0 Å². The minimum absolute atomic E-state index is 0.576. The first-order valence-corrected chi connectivity index (χ1v) is 13.2. The van der Waals surface area contributed by atoms with Crippen LogP contribution in [0.15, 0.2) is 18.2 Å². The maximum atomic E-state index is 6.21. The van der Waals surface area contributed by atoms with Gasteiger partial charge in [0.25, 0.3) is 0 Å². The molecule has 0 N–H and O–H groups in total. The van der Waals surface area contributed by atoms with Crippen molar-refractivity contribution in [2.75, 3.05) is 0 Å². The summed E-state index contributed by atoms with van der Waals surface area (Å²) < 4.78 is 4.05. The third-order valence-electron chi connectivity index (χ3n) is 5.22. The van der Waals surface area contributed by atoms with Crippen LogP contribution in [0.25, 0.3) is 10.9 Å². The number of unbranched alkanes of at least 4 members (excludes halogenated alkanes) is 3. The molecular formula is C21H33ClN2Sn. The van der Waals surface area contributed by atoms with E-state index in [0.717, 1.165) is 5.02 Å². The predicted octanol–water partition coefficient (Wildman–Crippen LogP) is 6.29. The van der Waals surface area contributed by atoms with Gasteiger partial charge in [0, 0.05) is 0 Å². The van der Waals surface area contributed by atoms with Crippen molar-refractivity contribution in [2.45, 2.75) is 82.0 Å². The summed E-state index contributed by atoms with van der Waals surface area (Å²) in [7, 11) is 2.06. The van der Waals surface area contributed by atoms with Crippen molar-refractivity contribution in [3.8, 4) is 0 Å². The van der Waals surface area contributed by atoms with Gasteiger partial charge in [0.2, 0.25) is 0 Å². The molecule has 25 heavy (non-hydrogen) atoms. The van der Waals surface area contributed by atoms with E-state index < -0.39 is 21.1 Å². The first kappa shape index (κ1) is 21.1. The Kier molecular flexibility index (Phi) is 8.60. The molecular weight excluding hydrogens is 434 g/mol. The normalized spacial score (nSPS) is 12.2. The van der Waals surface area contributed by atoms with E-state index in [4.69, 9.17) is 16.7 Å². The van der Waals surface area contributed by atoms with Crippen molar-refractivity contribution < 1.29 is 0 Å². The number of fused-ring (bicyclic) bond motifs is 1. The van der Waals surface area contributed by atoms with E-state index in [0.29, 0.717) is 3.43 Å². The first-order chi connectivity index (χ1) is 12.0. The molecule has 0 aliphatic carbocycles. The third-order valence-corrected chi connectivity index (χ3v) is 10.8. The van der Waals surface area contributed by atoms with E-state index in [1.807, 2.05) is 10.7 Å². The molecule has 2 aromatic rings. The molecule has 0 unspecified atom stereocenters. The second kappa shape index (κ2) is 10.2. The van der Waals surface area contributed by atoms with Gasteiger partial charge in [-0.3, -0.25) is 0 Å². The molecule has 0 amide bonds. The molecule has 0 atom stereocenters. The zero-order valence-corrected chi connectivity index (χ0v) is 20.0. The molecule has 1 aromatic heterocycles. The zero-order valence-electron chi connectivity index (χ0n) is 16.4. The molecule has 4 heteroatoms. The fourth-order valence-corrected chi connectivity index (χ4v) is 9.42. The average molecular weight is 468 g/mol. The van der Waals surface area contributed by atoms with Gasteiger partial charge >= 0.3 is 169 Å². The van der Waals surface area contributed by atoms with Crippen LogP contribution >= 0.6 is 11.6 Å². The maximum absolute atomic E-state index is 6.21. The minimum atomic E-state index is -0.802. The van der Waals surface area contributed by atoms with Crippen LogP contribution in [-0.4, -0.2) is 30.9 Å². The second-order valence-electron chi connectivity index (χ2n) is 7.35. The predicted molar refractivity (Wildman–Crippen MR) is 112 cm³/mol. The molecule has 0 saturated carbocycles. The Bertz CT molecular complexity index is 643. The molecule has 2 nitrogen and oxygen atoms in total. The number of aromatic nitrogens is 2. The topological polar surface area (TPSA) is 17.8 Å². The summed E-state index contributed by atoms with van der Waals surface area (Å²) in [5.74, 6) is 0. The van der Waals surface area contributed by atoms with Gasteiger partial charge in [0.15, 0.2) is 0 Å². The first-order valence-electron chi connectivity index (χ1n) is 9.95. The molecule has 0 bridgehead atoms. The second-order valence-corrected chi connectivity index (χ2v) is 12.9. The van der Waals surface area contributed by atoms with E-state index in [2.05, 4.69) is 40.0 Å². The van der Waals surface area contributed by atoms with E-state index >= 15 is 0 Å². The van der Waals surface area contributed by atoms with Crippen molar-refractivity contribution in [2.24, 2.45) is 7.05 Å². The molecule has 0 aliphatic rings. The summed E-state index contributed by atoms with van der Waals surface area (Å²) in [6, 6.07) is 6.30. The van der Waals surface area contributed by atoms with E-state index in [1.54, 1.807) is 0 Å². The van der Waals surface area contributed by atoms with Crippen LogP contribution in [0.2, 0.25) is 8.45 Å². The van der Waals surface area contributed by atoms with Crippen LogP contribution in [0.4, 0.5) is 0 Å². The Balaban J connectivity index is 2.36. The van der Waals surface area contributed by atoms with Crippen molar-refractivity contribution in [1.82, 2.24) is 9.78 Å². The summed E-state index contributed by atoms with van der Waals surface area (Å²) >= 11 is 5.41. The van der Waals surface area contributed by atoms with Gasteiger partial charge in [0.1, 0.15) is 0 Å². The molecule has 138 valence electrons. The Morgan fingerprint density at radius 3 is 2.08 bits per heavy atom. The Labute approximate surface area is 168 Å². The van der Waals surface area contributed by atoms with Gasteiger partial charge in [0.05, 0.1) is 0 Å². The Hall–Kier alpha value is -0.221. The van der Waals surface area contributed by atoms with E-state index in [1.165, 1.54) is 72.4 Å². The molecule has 2 radical (unpaired) electrons.